The molecule has 9 unspecified atom stereocenters. The predicted molar refractivity (Wildman–Crippen MR) is 316 cm³/mol. The van der Waals surface area contributed by atoms with Crippen molar-refractivity contribution in [1.29, 1.82) is 0 Å². The van der Waals surface area contributed by atoms with E-state index in [1.54, 1.807) is 24.5 Å². The number of hydrogen-bond acceptors (Lipinski definition) is 21. The molecule has 2 aliphatic rings. The quantitative estimate of drug-likeness (QED) is 0.00732. The van der Waals surface area contributed by atoms with Crippen molar-refractivity contribution in [3.63, 3.8) is 0 Å². The molecular formula is C50H38F64I3N2NaO21Zn. The van der Waals surface area contributed by atoms with Gasteiger partial charge in [0.2, 0.25) is 0 Å². The fourth-order valence-electron chi connectivity index (χ4n) is 4.85. The van der Waals surface area contributed by atoms with E-state index in [9.17, 15) is 301 Å². The van der Waals surface area contributed by atoms with E-state index in [4.69, 9.17) is 10.2 Å². The maximum atomic E-state index is 13.8. The Balaban J connectivity index is -0.000000128. The van der Waals surface area contributed by atoms with Gasteiger partial charge in [0.05, 0.1) is 23.1 Å². The number of alkyl halides is 59. The van der Waals surface area contributed by atoms with Crippen molar-refractivity contribution in [3.8, 4) is 0 Å². The summed E-state index contributed by atoms with van der Waals surface area (Å²) in [4.78, 5) is 53.9. The first-order valence-corrected chi connectivity index (χ1v) is 31.9. The SMILES string of the molecule is C=C(F)C(F)(F)OC(F)(C(F)(F)F)C(F)(F)OC(F)(C(=O)O)C(F)(F)F.C=C(F)C(F)(F)OC(F)(C(F)(F)F)C(F)(F)OC(F)(C(=O)OC)C(F)(F)F.C=C(F)C(F)(F)OC(F)(C(F)(F)F)C(F)(F)OC(F)(C(=O)ON)C(F)(F)F.C=C(F)F.CC1(F)OC1(F)F.CO.COC(=O)C(F)(OC(F)(F)C(F)(OC(F)(F)C(F)(F)CI)C(F)(F)F)C(F)(F)F.F.FC1(F)COC1.N.O.O=C(F)C(F)(F)CI.[I-].[Na+].[Zn]. The summed E-state index contributed by atoms with van der Waals surface area (Å²) < 4.78 is 816. The third kappa shape index (κ3) is 41.9. The standard InChI is InChI=1S/C10H5F14IO4.C10H5F13O4.C9H4F13NO4.C9H3F13O4.C3H2F3IO.C3H3F3O.C3H4F2O.C2H2F2.CH4O.FH.HI.H3N.Na.H2O.Zn/c1-27-3(26)5(13,7(15,16)17)28-10(23,24)6(14,8(18,19)20)29-9(21,22)4(11,12)2-25;1-3(11)6(13,14)27-7(15,9(19,20)21)10(22,23)26-5(12,4(24)25-2)8(16,17)18;1-2(10)5(12,13)27-6(14,8(18,19)20)9(21,22)26-4(11,3(24)25-23)7(15,16)17;1-2(10)5(12,13)26-6(14,8(18,19)20)9(21,22)25-4(11,3(23)24)7(15,16)17;4-2(8)3(5,6)1-7;1-2(4)3(5,6)7-2;4-3(5)1-6-2-3;1-2(3)4;1-2;;;;;;/h2H2,1H3;1H2,2H3;1,23H2;1H2,(H,23,24);1H2;1H3;1-2H2;1H2;2H,1H3;2*1H;1H3;;1H2;/q;;;;;;;;;;;;+1;;/p-1. The first kappa shape index (κ1) is 165. The smallest absolute Gasteiger partial charge is 1.00 e. The predicted octanol–water partition coefficient (Wildman–Crippen LogP) is 15.0. The van der Waals surface area contributed by atoms with Crippen LogP contribution < -0.4 is 65.6 Å². The second-order valence-corrected chi connectivity index (χ2v) is 23.3. The minimum absolute atomic E-state index is 0. The van der Waals surface area contributed by atoms with E-state index < -0.39 is 237 Å². The number of epoxide rings is 1. The van der Waals surface area contributed by atoms with Crippen LogP contribution in [0.2, 0.25) is 0 Å². The molecule has 0 aromatic rings. The van der Waals surface area contributed by atoms with E-state index in [1.165, 1.54) is 22.6 Å². The summed E-state index contributed by atoms with van der Waals surface area (Å²) in [5.74, 6) is -91.4. The molecule has 0 aromatic heterocycles. The van der Waals surface area contributed by atoms with Gasteiger partial charge in [-0.3, -0.25) is 52.1 Å². The number of aliphatic hydroxyl groups excluding tert-OH is 1. The molecule has 9 atom stereocenters. The van der Waals surface area contributed by atoms with Crippen LogP contribution in [0.15, 0.2) is 49.9 Å². The van der Waals surface area contributed by atoms with Crippen molar-refractivity contribution in [3.05, 3.63) is 49.9 Å². The van der Waals surface area contributed by atoms with Gasteiger partial charge in [0.1, 0.15) is 13.2 Å². The van der Waals surface area contributed by atoms with Crippen LogP contribution in [0, 0.1) is 0 Å². The van der Waals surface area contributed by atoms with Crippen molar-refractivity contribution in [2.75, 3.05) is 43.4 Å². The molecule has 2 heterocycles. The molecule has 846 valence electrons. The van der Waals surface area contributed by atoms with Gasteiger partial charge in [-0.25, -0.2) is 45.5 Å². The number of methoxy groups -OCH3 is 2. The largest absolute Gasteiger partial charge is 1.00 e. The Morgan fingerprint density at radius 1 is 0.373 bits per heavy atom. The molecule has 0 saturated carbocycles. The van der Waals surface area contributed by atoms with Crippen LogP contribution in [-0.2, 0) is 105 Å². The summed E-state index contributed by atoms with van der Waals surface area (Å²) in [6.45, 7) is 7.02. The molecular weight excluding hydrogens is 2650 g/mol. The van der Waals surface area contributed by atoms with Gasteiger partial charge in [0, 0.05) is 33.5 Å². The fraction of sp³-hybridized carbons (Fsp3) is 0.740. The first-order valence-electron chi connectivity index (χ1n) is 28.9. The molecule has 2 aliphatic heterocycles. The Kier molecular flexibility index (Phi) is 63.7. The number of halogens is 67. The minimum atomic E-state index is -7.52. The number of carboxylic acids is 1. The molecule has 0 aromatic carbocycles. The summed E-state index contributed by atoms with van der Waals surface area (Å²) >= 11 is 1.63. The third-order valence-electron chi connectivity index (χ3n) is 11.5. The van der Waals surface area contributed by atoms with Gasteiger partial charge in [-0.1, -0.05) is 64.9 Å². The Bertz CT molecular complexity index is 3850. The Morgan fingerprint density at radius 3 is 0.655 bits per heavy atom. The molecule has 2 saturated heterocycles. The number of carbonyl (C=O) groups is 5. The molecule has 0 aliphatic carbocycles. The Labute approximate surface area is 814 Å². The van der Waals surface area contributed by atoms with Crippen molar-refractivity contribution < 1.29 is 456 Å². The molecule has 2 fully saturated rings. The van der Waals surface area contributed by atoms with Crippen molar-refractivity contribution in [1.82, 2.24) is 6.15 Å². The molecule has 23 nitrogen and oxygen atoms in total. The van der Waals surface area contributed by atoms with Crippen molar-refractivity contribution in [2.24, 2.45) is 5.90 Å². The number of carboxylic acid groups (broad SMARTS) is 1. The maximum Gasteiger partial charge on any atom is 1.00 e. The van der Waals surface area contributed by atoms with Crippen LogP contribution in [0.25, 0.3) is 0 Å². The number of esters is 2. The number of aliphatic hydroxyl groups is 1. The van der Waals surface area contributed by atoms with Crippen molar-refractivity contribution >= 4 is 75.1 Å². The second kappa shape index (κ2) is 54.8. The fourth-order valence-corrected chi connectivity index (χ4v) is 5.60. The third-order valence-corrected chi connectivity index (χ3v) is 13.4. The normalized spacial score (nSPS) is 18.7. The summed E-state index contributed by atoms with van der Waals surface area (Å²) in [5.41, 5.74) is 0. The average molecular weight is 2690 g/mol. The number of nitrogens with two attached hydrogens (primary N) is 1. The summed E-state index contributed by atoms with van der Waals surface area (Å²) in [7, 11) is 0.816. The summed E-state index contributed by atoms with van der Waals surface area (Å²) in [5, 5.41) is 14.9. The minimum Gasteiger partial charge on any atom is -1.00 e. The van der Waals surface area contributed by atoms with Gasteiger partial charge in [0.25, 0.3) is 12.0 Å². The zero-order valence-electron chi connectivity index (χ0n) is 65.7. The van der Waals surface area contributed by atoms with E-state index in [1.807, 2.05) is 33.2 Å². The van der Waals surface area contributed by atoms with Gasteiger partial charge in [-0.15, -0.1) is 0 Å². The Hall–Kier alpha value is -4.72. The van der Waals surface area contributed by atoms with E-state index in [0.717, 1.165) is 7.11 Å². The number of rotatable bonds is 31. The number of carbonyl (C=O) groups excluding carboxylic acids is 4. The molecule has 0 spiro atoms. The van der Waals surface area contributed by atoms with Crippen LogP contribution in [0.3, 0.4) is 0 Å². The van der Waals surface area contributed by atoms with E-state index in [0.29, 0.717) is 29.5 Å². The van der Waals surface area contributed by atoms with Gasteiger partial charge < -0.3 is 64.9 Å². The number of hydrogen-bond donors (Lipinski definition) is 4. The second-order valence-electron chi connectivity index (χ2n) is 21.8. The van der Waals surface area contributed by atoms with Gasteiger partial charge in [-0.05, 0) is 6.58 Å². The van der Waals surface area contributed by atoms with Crippen LogP contribution in [-0.4, -0.2) is 264 Å². The number of aliphatic carboxylic acids is 1. The van der Waals surface area contributed by atoms with Gasteiger partial charge >= 0.3 is 228 Å². The molecule has 2 rings (SSSR count). The monoisotopic (exact) mass is 2690 g/mol. The molecule has 9 N–H and O–H groups in total. The maximum absolute atomic E-state index is 13.8. The summed E-state index contributed by atoms with van der Waals surface area (Å²) in [6.07, 6.45) is -118. The summed E-state index contributed by atoms with van der Waals surface area (Å²) in [6, 6.07) is -2.56. The number of ether oxygens (including phenoxy) is 12. The van der Waals surface area contributed by atoms with Gasteiger partial charge in [0.15, 0.2) is 17.5 Å². The molecule has 92 heteroatoms. The van der Waals surface area contributed by atoms with E-state index in [-0.39, 0.29) is 117 Å². The molecule has 0 radical (unpaired) electrons. The van der Waals surface area contributed by atoms with Crippen LogP contribution in [0.4, 0.5) is 281 Å². The molecule has 142 heavy (non-hydrogen) atoms. The zero-order valence-corrected chi connectivity index (χ0v) is 77.2. The van der Waals surface area contributed by atoms with E-state index in [2.05, 4.69) is 36.3 Å². The first-order chi connectivity index (χ1) is 58.6. The van der Waals surface area contributed by atoms with Crippen LogP contribution in [0.5, 0.6) is 0 Å². The average Bonchev–Trinajstić information content (AvgIpc) is 1.26. The zero-order chi connectivity index (χ0) is 113. The van der Waals surface area contributed by atoms with Crippen LogP contribution in [0.1, 0.15) is 6.92 Å². The van der Waals surface area contributed by atoms with Gasteiger partial charge in [-0.2, -0.15) is 256 Å². The topological polar surface area (TPSA) is 342 Å². The van der Waals surface area contributed by atoms with Crippen molar-refractivity contribution in [2.45, 2.75) is 182 Å². The van der Waals surface area contributed by atoms with E-state index >= 15 is 0 Å². The molecule has 0 bridgehead atoms. The Morgan fingerprint density at radius 2 is 0.549 bits per heavy atom. The van der Waals surface area contributed by atoms with Crippen LogP contribution >= 0.6 is 45.2 Å². The molecule has 0 amide bonds.